The zero-order valence-corrected chi connectivity index (χ0v) is 15.0. The van der Waals surface area contributed by atoms with E-state index in [4.69, 9.17) is 9.72 Å². The second-order valence-electron chi connectivity index (χ2n) is 5.74. The molecular weight excluding hydrogens is 320 g/mol. The average Bonchev–Trinajstić information content (AvgIpc) is 3.30. The molecule has 0 amide bonds. The van der Waals surface area contributed by atoms with Gasteiger partial charge >= 0.3 is 0 Å². The Hall–Kier alpha value is -2.18. The quantitative estimate of drug-likeness (QED) is 0.710. The minimum Gasteiger partial charge on any atom is -0.496 e. The van der Waals surface area contributed by atoms with Crippen molar-refractivity contribution in [2.75, 3.05) is 7.11 Å². The molecule has 2 aromatic heterocycles. The van der Waals surface area contributed by atoms with Crippen LogP contribution in [0.3, 0.4) is 0 Å². The average molecular weight is 342 g/mol. The van der Waals surface area contributed by atoms with Gasteiger partial charge in [-0.3, -0.25) is 4.68 Å². The maximum absolute atomic E-state index is 5.42. The molecule has 0 saturated carbocycles. The van der Waals surface area contributed by atoms with Gasteiger partial charge < -0.3 is 10.1 Å². The van der Waals surface area contributed by atoms with Crippen LogP contribution in [0.25, 0.3) is 10.6 Å². The lowest BCUT2D eigenvalue weighted by molar-refractivity contribution is 0.364. The lowest BCUT2D eigenvalue weighted by atomic mass is 10.1. The molecule has 3 aromatic rings. The number of methoxy groups -OCH3 is 1. The van der Waals surface area contributed by atoms with Crippen LogP contribution in [0, 0.1) is 0 Å². The number of thiazole rings is 1. The van der Waals surface area contributed by atoms with Crippen molar-refractivity contribution in [3.63, 3.8) is 0 Å². The van der Waals surface area contributed by atoms with Crippen LogP contribution in [0.2, 0.25) is 0 Å². The first-order valence-corrected chi connectivity index (χ1v) is 8.87. The largest absolute Gasteiger partial charge is 0.496 e. The number of nitrogens with zero attached hydrogens (tertiary/aromatic N) is 3. The number of hydrogen-bond acceptors (Lipinski definition) is 5. The maximum atomic E-state index is 5.42. The van der Waals surface area contributed by atoms with Gasteiger partial charge in [0.05, 0.1) is 24.4 Å². The summed E-state index contributed by atoms with van der Waals surface area (Å²) < 4.78 is 7.39. The second-order valence-corrected chi connectivity index (χ2v) is 6.60. The Kier molecular flexibility index (Phi) is 5.27. The van der Waals surface area contributed by atoms with Gasteiger partial charge in [-0.2, -0.15) is 5.10 Å². The number of ether oxygens (including phenoxy) is 1. The molecule has 0 saturated heterocycles. The van der Waals surface area contributed by atoms with Gasteiger partial charge in [0.1, 0.15) is 10.8 Å². The fourth-order valence-electron chi connectivity index (χ4n) is 2.52. The number of para-hydroxylation sites is 1. The zero-order valence-electron chi connectivity index (χ0n) is 14.1. The van der Waals surface area contributed by atoms with E-state index in [9.17, 15) is 0 Å². The van der Waals surface area contributed by atoms with Gasteiger partial charge in [-0.1, -0.05) is 12.1 Å². The first kappa shape index (κ1) is 16.7. The Bertz CT molecular complexity index is 769. The van der Waals surface area contributed by atoms with Crippen molar-refractivity contribution in [1.82, 2.24) is 20.1 Å². The highest BCUT2D eigenvalue weighted by molar-refractivity contribution is 7.13. The molecule has 0 spiro atoms. The summed E-state index contributed by atoms with van der Waals surface area (Å²) in [4.78, 5) is 4.74. The summed E-state index contributed by atoms with van der Waals surface area (Å²) in [6.07, 6.45) is 3.80. The van der Waals surface area contributed by atoms with Gasteiger partial charge in [0.15, 0.2) is 0 Å². The summed E-state index contributed by atoms with van der Waals surface area (Å²) in [5, 5.41) is 10.9. The molecule has 2 heterocycles. The molecule has 2 unspecified atom stereocenters. The van der Waals surface area contributed by atoms with Gasteiger partial charge in [-0.15, -0.1) is 11.3 Å². The van der Waals surface area contributed by atoms with Crippen molar-refractivity contribution in [2.24, 2.45) is 0 Å². The van der Waals surface area contributed by atoms with E-state index >= 15 is 0 Å². The molecule has 0 radical (unpaired) electrons. The summed E-state index contributed by atoms with van der Waals surface area (Å²) in [7, 11) is 1.69. The fraction of sp³-hybridized carbons (Fsp3) is 0.333. The van der Waals surface area contributed by atoms with Gasteiger partial charge in [-0.25, -0.2) is 4.98 Å². The molecule has 2 atom stereocenters. The van der Waals surface area contributed by atoms with Crippen LogP contribution < -0.4 is 10.1 Å². The fourth-order valence-corrected chi connectivity index (χ4v) is 3.37. The smallest absolute Gasteiger partial charge is 0.129 e. The minimum atomic E-state index is 0.285. The van der Waals surface area contributed by atoms with E-state index in [0.717, 1.165) is 28.6 Å². The molecule has 1 N–H and O–H groups in total. The molecule has 0 aliphatic carbocycles. The number of nitrogens with one attached hydrogen (secondary N) is 1. The Morgan fingerprint density at radius 2 is 2.08 bits per heavy atom. The van der Waals surface area contributed by atoms with Crippen molar-refractivity contribution in [3.05, 3.63) is 53.8 Å². The topological polar surface area (TPSA) is 52.0 Å². The highest BCUT2D eigenvalue weighted by Gasteiger charge is 2.15. The highest BCUT2D eigenvalue weighted by Crippen LogP contribution is 2.31. The zero-order chi connectivity index (χ0) is 16.9. The van der Waals surface area contributed by atoms with E-state index in [2.05, 4.69) is 29.6 Å². The monoisotopic (exact) mass is 342 g/mol. The SMILES string of the molecule is COc1ccccc1-c1nc(CNC(C)C(C)n2cccn2)cs1. The van der Waals surface area contributed by atoms with Gasteiger partial charge in [0.25, 0.3) is 0 Å². The molecule has 1 aromatic carbocycles. The summed E-state index contributed by atoms with van der Waals surface area (Å²) in [6.45, 7) is 5.06. The number of benzene rings is 1. The molecular formula is C18H22N4OS. The van der Waals surface area contributed by atoms with Crippen molar-refractivity contribution >= 4 is 11.3 Å². The Morgan fingerprint density at radius 3 is 2.83 bits per heavy atom. The van der Waals surface area contributed by atoms with Crippen LogP contribution in [0.15, 0.2) is 48.1 Å². The number of rotatable bonds is 7. The molecule has 0 fully saturated rings. The molecule has 3 rings (SSSR count). The standard InChI is InChI=1S/C18H22N4OS/c1-13(14(2)22-10-6-9-20-22)19-11-15-12-24-18(21-15)16-7-4-5-8-17(16)23-3/h4-10,12-14,19H,11H2,1-3H3. The summed E-state index contributed by atoms with van der Waals surface area (Å²) in [6, 6.07) is 10.5. The van der Waals surface area contributed by atoms with Crippen molar-refractivity contribution in [1.29, 1.82) is 0 Å². The third-order valence-electron chi connectivity index (χ3n) is 4.16. The summed E-state index contributed by atoms with van der Waals surface area (Å²) in [5.41, 5.74) is 2.08. The van der Waals surface area contributed by atoms with E-state index in [1.54, 1.807) is 18.4 Å². The molecule has 24 heavy (non-hydrogen) atoms. The van der Waals surface area contributed by atoms with Crippen molar-refractivity contribution in [2.45, 2.75) is 32.5 Å². The van der Waals surface area contributed by atoms with Crippen LogP contribution in [-0.2, 0) is 6.54 Å². The first-order chi connectivity index (χ1) is 11.7. The van der Waals surface area contributed by atoms with Crippen LogP contribution in [0.4, 0.5) is 0 Å². The Labute approximate surface area is 146 Å². The van der Waals surface area contributed by atoms with E-state index < -0.39 is 0 Å². The lowest BCUT2D eigenvalue weighted by Crippen LogP contribution is -2.33. The van der Waals surface area contributed by atoms with Gasteiger partial charge in [0.2, 0.25) is 0 Å². The summed E-state index contributed by atoms with van der Waals surface area (Å²) >= 11 is 1.64. The van der Waals surface area contributed by atoms with Crippen LogP contribution in [-0.4, -0.2) is 27.9 Å². The van der Waals surface area contributed by atoms with Crippen molar-refractivity contribution < 1.29 is 4.74 Å². The number of aromatic nitrogens is 3. The summed E-state index contributed by atoms with van der Waals surface area (Å²) in [5.74, 6) is 0.854. The van der Waals surface area contributed by atoms with E-state index in [0.29, 0.717) is 6.04 Å². The van der Waals surface area contributed by atoms with Gasteiger partial charge in [-0.05, 0) is 32.0 Å². The normalized spacial score (nSPS) is 13.6. The van der Waals surface area contributed by atoms with Crippen LogP contribution in [0.1, 0.15) is 25.6 Å². The van der Waals surface area contributed by atoms with Crippen LogP contribution in [0.5, 0.6) is 5.75 Å². The lowest BCUT2D eigenvalue weighted by Gasteiger charge is -2.21. The molecule has 126 valence electrons. The highest BCUT2D eigenvalue weighted by atomic mass is 32.1. The van der Waals surface area contributed by atoms with Crippen molar-refractivity contribution in [3.8, 4) is 16.3 Å². The molecule has 0 aliphatic heterocycles. The molecule has 0 aliphatic rings. The predicted molar refractivity (Wildman–Crippen MR) is 97.3 cm³/mol. The first-order valence-electron chi connectivity index (χ1n) is 7.99. The maximum Gasteiger partial charge on any atom is 0.129 e. The Morgan fingerprint density at radius 1 is 1.25 bits per heavy atom. The van der Waals surface area contributed by atoms with Gasteiger partial charge in [0, 0.05) is 30.4 Å². The van der Waals surface area contributed by atoms with Crippen LogP contribution >= 0.6 is 11.3 Å². The van der Waals surface area contributed by atoms with E-state index in [1.165, 1.54) is 0 Å². The second kappa shape index (κ2) is 7.59. The minimum absolute atomic E-state index is 0.285. The molecule has 6 heteroatoms. The predicted octanol–water partition coefficient (Wildman–Crippen LogP) is 3.75. The van der Waals surface area contributed by atoms with E-state index in [-0.39, 0.29) is 6.04 Å². The Balaban J connectivity index is 1.64. The number of hydrogen-bond donors (Lipinski definition) is 1. The third kappa shape index (κ3) is 3.66. The third-order valence-corrected chi connectivity index (χ3v) is 5.08. The molecule has 0 bridgehead atoms. The molecule has 5 nitrogen and oxygen atoms in total. The van der Waals surface area contributed by atoms with E-state index in [1.807, 2.05) is 47.4 Å².